The largest absolute Gasteiger partial charge is 0.454 e. The molecule has 3 amide bonds. The summed E-state index contributed by atoms with van der Waals surface area (Å²) in [6, 6.07) is 14.6. The first-order valence-corrected chi connectivity index (χ1v) is 16.2. The van der Waals surface area contributed by atoms with E-state index in [1.807, 2.05) is 24.0 Å². The number of hydrogen-bond donors (Lipinski definition) is 1. The summed E-state index contributed by atoms with van der Waals surface area (Å²) in [5.74, 6) is 2.53. The summed E-state index contributed by atoms with van der Waals surface area (Å²) in [6.45, 7) is 7.65. The van der Waals surface area contributed by atoms with Gasteiger partial charge in [0.05, 0.1) is 5.75 Å². The van der Waals surface area contributed by atoms with Crippen molar-refractivity contribution in [2.24, 2.45) is 0 Å². The van der Waals surface area contributed by atoms with Crippen molar-refractivity contribution in [3.8, 4) is 11.5 Å². The van der Waals surface area contributed by atoms with Gasteiger partial charge in [-0.25, -0.2) is 14.8 Å². The number of hydrogen-bond acceptors (Lipinski definition) is 9. The fourth-order valence-corrected chi connectivity index (χ4v) is 6.69. The number of anilines is 2. The van der Waals surface area contributed by atoms with Crippen molar-refractivity contribution in [2.45, 2.75) is 24.7 Å². The Morgan fingerprint density at radius 1 is 0.977 bits per heavy atom. The van der Waals surface area contributed by atoms with Crippen LogP contribution in [0.15, 0.2) is 53.7 Å². The zero-order valence-electron chi connectivity index (χ0n) is 24.2. The Morgan fingerprint density at radius 2 is 1.80 bits per heavy atom. The number of carbonyl (C=O) groups excluding carboxylic acids is 2. The molecule has 232 valence electrons. The third-order valence-corrected chi connectivity index (χ3v) is 9.10. The molecule has 1 aromatic heterocycles. The van der Waals surface area contributed by atoms with E-state index in [4.69, 9.17) is 37.7 Å². The van der Waals surface area contributed by atoms with Crippen molar-refractivity contribution in [1.29, 1.82) is 0 Å². The molecule has 1 unspecified atom stereocenters. The van der Waals surface area contributed by atoms with Crippen LogP contribution in [0.1, 0.15) is 12.5 Å². The average Bonchev–Trinajstić information content (AvgIpc) is 3.48. The molecule has 2 saturated heterocycles. The van der Waals surface area contributed by atoms with Gasteiger partial charge in [-0.15, -0.1) is 0 Å². The average molecular weight is 659 g/mol. The summed E-state index contributed by atoms with van der Waals surface area (Å²) in [6.07, 6.45) is 0. The fraction of sp³-hybridized carbons (Fsp3) is 0.400. The van der Waals surface area contributed by atoms with Crippen LogP contribution < -0.4 is 19.7 Å². The van der Waals surface area contributed by atoms with Crippen molar-refractivity contribution in [2.75, 3.05) is 68.6 Å². The molecule has 2 aromatic carbocycles. The van der Waals surface area contributed by atoms with Gasteiger partial charge in [-0.3, -0.25) is 9.69 Å². The molecule has 0 spiro atoms. The van der Waals surface area contributed by atoms with Gasteiger partial charge in [0.1, 0.15) is 11.0 Å². The van der Waals surface area contributed by atoms with Crippen molar-refractivity contribution < 1.29 is 19.1 Å². The highest BCUT2D eigenvalue weighted by atomic mass is 35.5. The summed E-state index contributed by atoms with van der Waals surface area (Å²) in [5, 5.41) is 4.25. The number of urea groups is 1. The number of benzene rings is 2. The second kappa shape index (κ2) is 13.7. The van der Waals surface area contributed by atoms with Crippen LogP contribution in [0.25, 0.3) is 0 Å². The number of halogens is 2. The van der Waals surface area contributed by atoms with E-state index in [9.17, 15) is 9.59 Å². The zero-order chi connectivity index (χ0) is 30.6. The Hall–Kier alpha value is -3.45. The quantitative estimate of drug-likeness (QED) is 0.220. The van der Waals surface area contributed by atoms with E-state index >= 15 is 0 Å². The molecule has 1 N–H and O–H groups in total. The minimum atomic E-state index is -0.177. The second-order valence-electron chi connectivity index (χ2n) is 10.9. The summed E-state index contributed by atoms with van der Waals surface area (Å²) < 4.78 is 10.9. The Bertz CT molecular complexity index is 1520. The lowest BCUT2D eigenvalue weighted by Crippen LogP contribution is -2.55. The number of thioether (sulfide) groups is 1. The Morgan fingerprint density at radius 3 is 2.59 bits per heavy atom. The van der Waals surface area contributed by atoms with Gasteiger partial charge in [0, 0.05) is 75.2 Å². The van der Waals surface area contributed by atoms with Gasteiger partial charge < -0.3 is 29.5 Å². The molecule has 0 bridgehead atoms. The third-order valence-electron chi connectivity index (χ3n) is 7.84. The second-order valence-corrected chi connectivity index (χ2v) is 12.7. The Balaban J connectivity index is 0.977. The molecule has 0 saturated carbocycles. The van der Waals surface area contributed by atoms with Crippen LogP contribution in [0.5, 0.6) is 11.5 Å². The molecule has 0 radical (unpaired) electrons. The number of piperazine rings is 2. The van der Waals surface area contributed by atoms with Gasteiger partial charge in [-0.1, -0.05) is 47.1 Å². The molecule has 6 rings (SSSR count). The van der Waals surface area contributed by atoms with Gasteiger partial charge in [-0.05, 0) is 42.8 Å². The maximum absolute atomic E-state index is 13.0. The lowest BCUT2D eigenvalue weighted by Gasteiger charge is -2.40. The molecule has 14 heteroatoms. The van der Waals surface area contributed by atoms with Crippen molar-refractivity contribution in [3.63, 3.8) is 0 Å². The van der Waals surface area contributed by atoms with Gasteiger partial charge in [0.2, 0.25) is 12.7 Å². The van der Waals surface area contributed by atoms with E-state index in [-0.39, 0.29) is 30.5 Å². The van der Waals surface area contributed by atoms with E-state index in [0.717, 1.165) is 36.7 Å². The number of nitrogens with zero attached hydrogens (tertiary/aromatic N) is 6. The fourth-order valence-electron chi connectivity index (χ4n) is 5.51. The van der Waals surface area contributed by atoms with Gasteiger partial charge >= 0.3 is 6.03 Å². The van der Waals surface area contributed by atoms with Gasteiger partial charge in [0.15, 0.2) is 16.7 Å². The van der Waals surface area contributed by atoms with E-state index in [1.165, 1.54) is 11.8 Å². The molecule has 1 atom stereocenters. The highest BCUT2D eigenvalue weighted by molar-refractivity contribution is 7.99. The monoisotopic (exact) mass is 657 g/mol. The molecule has 44 heavy (non-hydrogen) atoms. The molecule has 3 aromatic rings. The van der Waals surface area contributed by atoms with Crippen molar-refractivity contribution >= 4 is 58.4 Å². The number of fused-ring (bicyclic) bond motifs is 1. The van der Waals surface area contributed by atoms with Crippen molar-refractivity contribution in [3.05, 3.63) is 64.3 Å². The van der Waals surface area contributed by atoms with Crippen LogP contribution in [0.2, 0.25) is 10.2 Å². The number of amides is 3. The number of carbonyl (C=O) groups is 2. The highest BCUT2D eigenvalue weighted by Crippen LogP contribution is 2.33. The third kappa shape index (κ3) is 7.43. The summed E-state index contributed by atoms with van der Waals surface area (Å²) in [5.41, 5.74) is 1.81. The molecule has 11 nitrogen and oxygen atoms in total. The summed E-state index contributed by atoms with van der Waals surface area (Å²) in [4.78, 5) is 43.1. The maximum atomic E-state index is 13.0. The number of nitrogens with one attached hydrogen (secondary N) is 1. The molecule has 0 aliphatic carbocycles. The predicted octanol–water partition coefficient (Wildman–Crippen LogP) is 4.69. The normalized spacial score (nSPS) is 18.4. The van der Waals surface area contributed by atoms with Crippen LogP contribution in [0.4, 0.5) is 16.3 Å². The molecule has 3 aliphatic rings. The molecular weight excluding hydrogens is 625 g/mol. The van der Waals surface area contributed by atoms with Gasteiger partial charge in [-0.2, -0.15) is 0 Å². The van der Waals surface area contributed by atoms with Crippen LogP contribution >= 0.6 is 35.0 Å². The van der Waals surface area contributed by atoms with Crippen LogP contribution in [0.3, 0.4) is 0 Å². The SMILES string of the molecule is CC1CN(c2cc(Cl)nc(SCC(=O)N3CCN(Cc4ccc5c(c4)OCO5)CC3)n2)CCN1C(=O)Nc1cccc(Cl)c1. The lowest BCUT2D eigenvalue weighted by molar-refractivity contribution is -0.130. The lowest BCUT2D eigenvalue weighted by atomic mass is 10.1. The Labute approximate surface area is 270 Å². The number of aromatic nitrogens is 2. The summed E-state index contributed by atoms with van der Waals surface area (Å²) in [7, 11) is 0. The van der Waals surface area contributed by atoms with Crippen LogP contribution in [-0.4, -0.2) is 101 Å². The number of ether oxygens (including phenoxy) is 2. The predicted molar refractivity (Wildman–Crippen MR) is 171 cm³/mol. The van der Waals surface area contributed by atoms with E-state index < -0.39 is 0 Å². The first kappa shape index (κ1) is 30.6. The van der Waals surface area contributed by atoms with Crippen LogP contribution in [0, 0.1) is 0 Å². The molecule has 3 aliphatic heterocycles. The number of rotatable bonds is 7. The molecular formula is C30H33Cl2N7O4S. The molecule has 4 heterocycles. The zero-order valence-corrected chi connectivity index (χ0v) is 26.6. The van der Waals surface area contributed by atoms with E-state index in [1.54, 1.807) is 35.2 Å². The standard InChI is InChI=1S/C30H33Cl2N7O4S/c1-20-16-38(11-12-39(20)30(41)33-23-4-2-3-22(31)14-23)27-15-26(32)34-29(35-27)44-18-28(40)37-9-7-36(8-10-37)17-21-5-6-24-25(13-21)43-19-42-24/h2-6,13-15,20H,7-12,16-19H2,1H3,(H,33,41). The van der Waals surface area contributed by atoms with Crippen molar-refractivity contribution in [1.82, 2.24) is 24.7 Å². The first-order valence-electron chi connectivity index (χ1n) is 14.4. The Kier molecular flexibility index (Phi) is 9.50. The van der Waals surface area contributed by atoms with E-state index in [0.29, 0.717) is 59.6 Å². The topological polar surface area (TPSA) is 103 Å². The highest BCUT2D eigenvalue weighted by Gasteiger charge is 2.29. The van der Waals surface area contributed by atoms with Crippen LogP contribution in [-0.2, 0) is 11.3 Å². The summed E-state index contributed by atoms with van der Waals surface area (Å²) >= 11 is 13.7. The van der Waals surface area contributed by atoms with Gasteiger partial charge in [0.25, 0.3) is 0 Å². The minimum absolute atomic E-state index is 0.0517. The maximum Gasteiger partial charge on any atom is 0.322 e. The molecule has 2 fully saturated rings. The smallest absolute Gasteiger partial charge is 0.322 e. The van der Waals surface area contributed by atoms with E-state index in [2.05, 4.69) is 26.2 Å². The first-order chi connectivity index (χ1) is 21.3. The minimum Gasteiger partial charge on any atom is -0.454 e.